The standard InChI is InChI=1S/C28H27N5O2/c1-18-7-9-21(34)16-24(18)31-23-12-14-30-27-26(23)28(35)33-25-15-20(8-10-22(25)32-27)17-29-13-11-19-5-3-2-4-6-19/h2-10,12,14-16,29,34H,11,13,17H2,1H3,(H,33,35)(H2,30,31,32). The highest BCUT2D eigenvalue weighted by Crippen LogP contribution is 2.36. The van der Waals surface area contributed by atoms with Crippen LogP contribution < -0.4 is 21.3 Å². The van der Waals surface area contributed by atoms with Gasteiger partial charge in [-0.1, -0.05) is 42.5 Å². The second kappa shape index (κ2) is 9.87. The third-order valence-electron chi connectivity index (χ3n) is 6.02. The monoisotopic (exact) mass is 465 g/mol. The van der Waals surface area contributed by atoms with E-state index in [1.807, 2.05) is 37.3 Å². The maximum absolute atomic E-state index is 13.3. The first-order chi connectivity index (χ1) is 17.1. The molecule has 4 aromatic rings. The number of hydrogen-bond acceptors (Lipinski definition) is 6. The highest BCUT2D eigenvalue weighted by Gasteiger charge is 2.24. The van der Waals surface area contributed by atoms with Crippen LogP contribution in [0.15, 0.2) is 79.0 Å². The molecule has 0 saturated carbocycles. The number of pyridine rings is 1. The predicted molar refractivity (Wildman–Crippen MR) is 140 cm³/mol. The predicted octanol–water partition coefficient (Wildman–Crippen LogP) is 5.48. The molecule has 0 aliphatic carbocycles. The zero-order valence-electron chi connectivity index (χ0n) is 19.4. The van der Waals surface area contributed by atoms with Crippen molar-refractivity contribution < 1.29 is 9.90 Å². The van der Waals surface area contributed by atoms with Crippen molar-refractivity contribution in [2.45, 2.75) is 19.9 Å². The van der Waals surface area contributed by atoms with Crippen LogP contribution in [0.2, 0.25) is 0 Å². The lowest BCUT2D eigenvalue weighted by molar-refractivity contribution is 0.102. The fourth-order valence-corrected chi connectivity index (χ4v) is 4.12. The maximum atomic E-state index is 13.3. The highest BCUT2D eigenvalue weighted by atomic mass is 16.3. The van der Waals surface area contributed by atoms with Gasteiger partial charge in [-0.3, -0.25) is 4.79 Å². The quantitative estimate of drug-likeness (QED) is 0.232. The van der Waals surface area contributed by atoms with Gasteiger partial charge in [-0.2, -0.15) is 0 Å². The number of hydrogen-bond donors (Lipinski definition) is 5. The number of aromatic hydroxyl groups is 1. The van der Waals surface area contributed by atoms with Gasteiger partial charge in [-0.15, -0.1) is 0 Å². The van der Waals surface area contributed by atoms with Crippen LogP contribution in [0.1, 0.15) is 27.0 Å². The molecule has 2 heterocycles. The van der Waals surface area contributed by atoms with Gasteiger partial charge in [0.2, 0.25) is 0 Å². The number of benzene rings is 3. The van der Waals surface area contributed by atoms with E-state index >= 15 is 0 Å². The summed E-state index contributed by atoms with van der Waals surface area (Å²) in [4.78, 5) is 17.7. The molecule has 1 amide bonds. The van der Waals surface area contributed by atoms with Gasteiger partial charge >= 0.3 is 0 Å². The number of nitrogens with zero attached hydrogens (tertiary/aromatic N) is 1. The number of carbonyl (C=O) groups is 1. The Balaban J connectivity index is 1.32. The van der Waals surface area contributed by atoms with E-state index in [4.69, 9.17) is 0 Å². The average molecular weight is 466 g/mol. The SMILES string of the molecule is Cc1ccc(O)cc1Nc1ccnc2c1C(=O)Nc1cc(CNCCc3ccccc3)ccc1N2. The Kier molecular flexibility index (Phi) is 6.32. The van der Waals surface area contributed by atoms with E-state index in [0.29, 0.717) is 29.3 Å². The molecule has 0 radical (unpaired) electrons. The summed E-state index contributed by atoms with van der Waals surface area (Å²) in [5, 5.41) is 23.0. The second-order valence-corrected chi connectivity index (χ2v) is 8.58. The van der Waals surface area contributed by atoms with E-state index in [9.17, 15) is 9.90 Å². The summed E-state index contributed by atoms with van der Waals surface area (Å²) in [5.74, 6) is 0.366. The van der Waals surface area contributed by atoms with Crippen molar-refractivity contribution in [1.29, 1.82) is 0 Å². The highest BCUT2D eigenvalue weighted by molar-refractivity contribution is 6.15. The Labute approximate surface area is 204 Å². The van der Waals surface area contributed by atoms with Crippen molar-refractivity contribution in [3.8, 4) is 5.75 Å². The Morgan fingerprint density at radius 3 is 2.60 bits per heavy atom. The van der Waals surface area contributed by atoms with Gasteiger partial charge in [0.15, 0.2) is 0 Å². The summed E-state index contributed by atoms with van der Waals surface area (Å²) in [7, 11) is 0. The van der Waals surface area contributed by atoms with Crippen LogP contribution in [0.5, 0.6) is 5.75 Å². The summed E-state index contributed by atoms with van der Waals surface area (Å²) < 4.78 is 0. The minimum absolute atomic E-state index is 0.151. The third-order valence-corrected chi connectivity index (χ3v) is 6.02. The van der Waals surface area contributed by atoms with E-state index in [1.165, 1.54) is 5.56 Å². The molecular weight excluding hydrogens is 438 g/mol. The summed E-state index contributed by atoms with van der Waals surface area (Å²) in [6.45, 7) is 3.50. The molecule has 7 heteroatoms. The first-order valence-electron chi connectivity index (χ1n) is 11.6. The molecule has 0 spiro atoms. The normalized spacial score (nSPS) is 12.1. The van der Waals surface area contributed by atoms with Crippen LogP contribution in [0.4, 0.5) is 28.6 Å². The minimum Gasteiger partial charge on any atom is -0.508 e. The molecule has 35 heavy (non-hydrogen) atoms. The number of amides is 1. The smallest absolute Gasteiger partial charge is 0.261 e. The number of anilines is 5. The summed E-state index contributed by atoms with van der Waals surface area (Å²) in [6, 6.07) is 23.2. The third kappa shape index (κ3) is 5.10. The molecule has 3 aromatic carbocycles. The number of phenols is 1. The molecule has 1 aromatic heterocycles. The minimum atomic E-state index is -0.256. The molecule has 5 rings (SSSR count). The number of aromatic nitrogens is 1. The molecule has 0 unspecified atom stereocenters. The van der Waals surface area contributed by atoms with Crippen LogP contribution >= 0.6 is 0 Å². The van der Waals surface area contributed by atoms with Crippen molar-refractivity contribution in [3.05, 3.63) is 101 Å². The average Bonchev–Trinajstić information content (AvgIpc) is 3.00. The van der Waals surface area contributed by atoms with Gasteiger partial charge < -0.3 is 26.4 Å². The van der Waals surface area contributed by atoms with Crippen LogP contribution in [0.25, 0.3) is 0 Å². The van der Waals surface area contributed by atoms with Crippen LogP contribution in [-0.4, -0.2) is 22.5 Å². The molecule has 7 nitrogen and oxygen atoms in total. The van der Waals surface area contributed by atoms with Crippen molar-refractivity contribution in [2.75, 3.05) is 22.5 Å². The van der Waals surface area contributed by atoms with Gasteiger partial charge in [-0.05, 0) is 60.8 Å². The number of aryl methyl sites for hydroxylation is 1. The fourth-order valence-electron chi connectivity index (χ4n) is 4.12. The Bertz CT molecular complexity index is 1370. The van der Waals surface area contributed by atoms with E-state index in [1.54, 1.807) is 24.4 Å². The van der Waals surface area contributed by atoms with E-state index in [-0.39, 0.29) is 11.7 Å². The molecule has 0 fully saturated rings. The van der Waals surface area contributed by atoms with Crippen molar-refractivity contribution >= 4 is 34.5 Å². The molecule has 5 N–H and O–H groups in total. The van der Waals surface area contributed by atoms with Gasteiger partial charge in [0.25, 0.3) is 5.91 Å². The first-order valence-corrected chi connectivity index (χ1v) is 11.6. The Morgan fingerprint density at radius 1 is 0.886 bits per heavy atom. The van der Waals surface area contributed by atoms with Crippen LogP contribution in [-0.2, 0) is 13.0 Å². The molecule has 0 atom stereocenters. The number of phenolic OH excluding ortho intramolecular Hbond substituents is 1. The van der Waals surface area contributed by atoms with Crippen molar-refractivity contribution in [1.82, 2.24) is 10.3 Å². The number of carbonyl (C=O) groups excluding carboxylic acids is 1. The number of fused-ring (bicyclic) bond motifs is 2. The lowest BCUT2D eigenvalue weighted by atomic mass is 10.1. The topological polar surface area (TPSA) is 98.3 Å². The van der Waals surface area contributed by atoms with Crippen molar-refractivity contribution in [2.24, 2.45) is 0 Å². The van der Waals surface area contributed by atoms with Gasteiger partial charge in [0.1, 0.15) is 17.1 Å². The van der Waals surface area contributed by atoms with Crippen molar-refractivity contribution in [3.63, 3.8) is 0 Å². The molecule has 1 aliphatic rings. The summed E-state index contributed by atoms with van der Waals surface area (Å²) >= 11 is 0. The summed E-state index contributed by atoms with van der Waals surface area (Å²) in [6.07, 6.45) is 2.61. The van der Waals surface area contributed by atoms with E-state index in [0.717, 1.165) is 35.5 Å². The summed E-state index contributed by atoms with van der Waals surface area (Å²) in [5.41, 5.74) is 6.54. The fraction of sp³-hybridized carbons (Fsp3) is 0.143. The van der Waals surface area contributed by atoms with E-state index in [2.05, 4.69) is 50.5 Å². The maximum Gasteiger partial charge on any atom is 0.261 e. The lowest BCUT2D eigenvalue weighted by Crippen LogP contribution is -2.17. The molecular formula is C28H27N5O2. The number of nitrogens with one attached hydrogen (secondary N) is 4. The molecule has 0 saturated heterocycles. The number of rotatable bonds is 7. The molecule has 1 aliphatic heterocycles. The van der Waals surface area contributed by atoms with E-state index < -0.39 is 0 Å². The zero-order valence-corrected chi connectivity index (χ0v) is 19.4. The van der Waals surface area contributed by atoms with Gasteiger partial charge in [0, 0.05) is 24.5 Å². The Morgan fingerprint density at radius 2 is 1.74 bits per heavy atom. The first kappa shape index (κ1) is 22.4. The lowest BCUT2D eigenvalue weighted by Gasteiger charge is -2.14. The largest absolute Gasteiger partial charge is 0.508 e. The van der Waals surface area contributed by atoms with Crippen LogP contribution in [0.3, 0.4) is 0 Å². The van der Waals surface area contributed by atoms with Gasteiger partial charge in [0.05, 0.1) is 17.1 Å². The Hall–Kier alpha value is -4.36. The van der Waals surface area contributed by atoms with Gasteiger partial charge in [-0.25, -0.2) is 4.98 Å². The second-order valence-electron chi connectivity index (χ2n) is 8.58. The molecule has 0 bridgehead atoms. The molecule has 176 valence electrons. The van der Waals surface area contributed by atoms with Crippen LogP contribution in [0, 0.1) is 6.92 Å². The zero-order chi connectivity index (χ0) is 24.2.